The van der Waals surface area contributed by atoms with E-state index in [0.717, 1.165) is 18.5 Å². The number of aromatic amines is 1. The highest BCUT2D eigenvalue weighted by Crippen LogP contribution is 2.32. The van der Waals surface area contributed by atoms with E-state index in [1.807, 2.05) is 13.8 Å². The van der Waals surface area contributed by atoms with Gasteiger partial charge in [0, 0.05) is 12.3 Å². The highest BCUT2D eigenvalue weighted by molar-refractivity contribution is 6.34. The molecule has 0 saturated heterocycles. The Kier molecular flexibility index (Phi) is 7.41. The minimum atomic E-state index is -0.457. The van der Waals surface area contributed by atoms with Gasteiger partial charge in [-0.05, 0) is 39.3 Å². The number of aromatic nitrogens is 3. The number of H-pyrrole nitrogens is 1. The van der Waals surface area contributed by atoms with E-state index in [1.54, 1.807) is 19.1 Å². The fraction of sp³-hybridized carbons (Fsp3) is 0.455. The van der Waals surface area contributed by atoms with Gasteiger partial charge in [-0.25, -0.2) is 9.78 Å². The Bertz CT molecular complexity index is 982. The van der Waals surface area contributed by atoms with Crippen LogP contribution in [-0.2, 0) is 14.3 Å². The van der Waals surface area contributed by atoms with Crippen LogP contribution in [0.5, 0.6) is 6.01 Å². The first-order chi connectivity index (χ1) is 14.9. The molecule has 0 aromatic carbocycles. The zero-order valence-corrected chi connectivity index (χ0v) is 18.3. The Labute approximate surface area is 181 Å². The molecule has 0 unspecified atom stereocenters. The predicted octanol–water partition coefficient (Wildman–Crippen LogP) is 3.37. The lowest BCUT2D eigenvalue weighted by Gasteiger charge is -2.13. The van der Waals surface area contributed by atoms with Gasteiger partial charge in [-0.3, -0.25) is 4.79 Å². The summed E-state index contributed by atoms with van der Waals surface area (Å²) in [6, 6.07) is 1.84. The summed E-state index contributed by atoms with van der Waals surface area (Å²) in [5.74, 6) is -0.791. The van der Waals surface area contributed by atoms with Crippen LogP contribution >= 0.6 is 0 Å². The average Bonchev–Trinajstić information content (AvgIpc) is 3.25. The van der Waals surface area contributed by atoms with Gasteiger partial charge in [-0.1, -0.05) is 13.3 Å². The third kappa shape index (κ3) is 5.49. The first-order valence-electron chi connectivity index (χ1n) is 10.4. The van der Waals surface area contributed by atoms with E-state index < -0.39 is 5.97 Å². The van der Waals surface area contributed by atoms with E-state index in [0.29, 0.717) is 41.4 Å². The predicted molar refractivity (Wildman–Crippen MR) is 116 cm³/mol. The normalized spacial score (nSPS) is 15.0. The zero-order valence-electron chi connectivity index (χ0n) is 18.3. The maximum atomic E-state index is 12.5. The summed E-state index contributed by atoms with van der Waals surface area (Å²) in [5, 5.41) is 2.73. The van der Waals surface area contributed by atoms with E-state index in [2.05, 4.69) is 27.2 Å². The Hall–Kier alpha value is -3.20. The molecular weight excluding hydrogens is 400 g/mol. The first kappa shape index (κ1) is 22.5. The monoisotopic (exact) mass is 428 g/mol. The number of esters is 1. The van der Waals surface area contributed by atoms with Gasteiger partial charge in [0.05, 0.1) is 41.9 Å². The molecule has 9 heteroatoms. The summed E-state index contributed by atoms with van der Waals surface area (Å²) in [6.07, 6.45) is 4.92. The number of fused-ring (bicyclic) bond motifs is 1. The minimum Gasteiger partial charge on any atom is -0.462 e. The lowest BCUT2D eigenvalue weighted by molar-refractivity contribution is -0.110. The van der Waals surface area contributed by atoms with Crippen molar-refractivity contribution in [2.75, 3.05) is 25.1 Å². The van der Waals surface area contributed by atoms with Crippen molar-refractivity contribution in [1.82, 2.24) is 15.0 Å². The Morgan fingerprint density at radius 2 is 2.13 bits per heavy atom. The van der Waals surface area contributed by atoms with Gasteiger partial charge in [0.2, 0.25) is 0 Å². The number of nitrogens with one attached hydrogen (secondary N) is 2. The van der Waals surface area contributed by atoms with Crippen LogP contribution in [0.25, 0.3) is 11.6 Å². The second kappa shape index (κ2) is 10.2. The number of ether oxygens (including phenoxy) is 3. The number of anilines is 1. The van der Waals surface area contributed by atoms with Crippen molar-refractivity contribution in [2.24, 2.45) is 0 Å². The molecule has 0 fully saturated rings. The van der Waals surface area contributed by atoms with Crippen molar-refractivity contribution in [3.63, 3.8) is 0 Å². The zero-order chi connectivity index (χ0) is 22.4. The number of unbranched alkanes of at least 4 members (excludes halogenated alkanes) is 1. The van der Waals surface area contributed by atoms with Crippen molar-refractivity contribution < 1.29 is 23.8 Å². The summed E-state index contributed by atoms with van der Waals surface area (Å²) in [7, 11) is 0. The van der Waals surface area contributed by atoms with Gasteiger partial charge in [0.15, 0.2) is 0 Å². The van der Waals surface area contributed by atoms with Crippen LogP contribution in [0.3, 0.4) is 0 Å². The van der Waals surface area contributed by atoms with Crippen LogP contribution < -0.4 is 10.1 Å². The molecule has 3 rings (SSSR count). The molecule has 166 valence electrons. The largest absolute Gasteiger partial charge is 0.462 e. The summed E-state index contributed by atoms with van der Waals surface area (Å²) in [5.41, 5.74) is 2.82. The molecule has 31 heavy (non-hydrogen) atoms. The van der Waals surface area contributed by atoms with Gasteiger partial charge in [0.25, 0.3) is 5.91 Å². The standard InChI is InChI=1S/C22H28N4O5/c1-5-7-8-29-12-14(4)31-22-23-11-18-19(26-22)16(20(27)25-18)10-17-15(9-13(3)24-17)21(28)30-6-2/h9-11,14,24H,5-8,12H2,1-4H3,(H,25,27)/b16-10-/t14-/m0/s1. The summed E-state index contributed by atoms with van der Waals surface area (Å²) in [4.78, 5) is 36.5. The van der Waals surface area contributed by atoms with Crippen molar-refractivity contribution >= 4 is 29.2 Å². The second-order valence-corrected chi connectivity index (χ2v) is 7.28. The van der Waals surface area contributed by atoms with Gasteiger partial charge in [-0.15, -0.1) is 0 Å². The molecule has 2 aromatic rings. The second-order valence-electron chi connectivity index (χ2n) is 7.28. The Morgan fingerprint density at radius 3 is 2.87 bits per heavy atom. The van der Waals surface area contributed by atoms with Crippen molar-refractivity contribution in [1.29, 1.82) is 0 Å². The smallest absolute Gasteiger partial charge is 0.340 e. The third-order valence-electron chi connectivity index (χ3n) is 4.58. The van der Waals surface area contributed by atoms with Crippen LogP contribution in [0.1, 0.15) is 61.1 Å². The molecular formula is C22H28N4O5. The van der Waals surface area contributed by atoms with Gasteiger partial charge in [-0.2, -0.15) is 4.98 Å². The van der Waals surface area contributed by atoms with E-state index in [4.69, 9.17) is 14.2 Å². The molecule has 0 saturated carbocycles. The molecule has 0 bridgehead atoms. The third-order valence-corrected chi connectivity index (χ3v) is 4.58. The molecule has 0 aliphatic carbocycles. The number of amides is 1. The Balaban J connectivity index is 1.82. The summed E-state index contributed by atoms with van der Waals surface area (Å²) < 4.78 is 16.4. The molecule has 1 aliphatic heterocycles. The van der Waals surface area contributed by atoms with Crippen molar-refractivity contribution in [3.05, 3.63) is 34.9 Å². The van der Waals surface area contributed by atoms with Crippen LogP contribution in [0.2, 0.25) is 0 Å². The van der Waals surface area contributed by atoms with Crippen molar-refractivity contribution in [3.8, 4) is 6.01 Å². The fourth-order valence-electron chi connectivity index (χ4n) is 3.11. The van der Waals surface area contributed by atoms with E-state index >= 15 is 0 Å². The molecule has 0 radical (unpaired) electrons. The SMILES string of the molecule is CCCCOC[C@H](C)Oc1ncc2c(n1)/C(=C/c1[nH]c(C)cc1C(=O)OCC)C(=O)N2. The number of nitrogens with zero attached hydrogens (tertiary/aromatic N) is 2. The fourth-order valence-corrected chi connectivity index (χ4v) is 3.11. The number of carbonyl (C=O) groups excluding carboxylic acids is 2. The lowest BCUT2D eigenvalue weighted by Crippen LogP contribution is -2.20. The minimum absolute atomic E-state index is 0.154. The lowest BCUT2D eigenvalue weighted by atomic mass is 10.1. The molecule has 0 spiro atoms. The number of rotatable bonds is 10. The van der Waals surface area contributed by atoms with E-state index in [1.165, 1.54) is 6.20 Å². The van der Waals surface area contributed by atoms with E-state index in [9.17, 15) is 9.59 Å². The van der Waals surface area contributed by atoms with Gasteiger partial charge in [0.1, 0.15) is 11.8 Å². The molecule has 3 heterocycles. The first-order valence-corrected chi connectivity index (χ1v) is 10.4. The number of hydrogen-bond donors (Lipinski definition) is 2. The maximum absolute atomic E-state index is 12.5. The summed E-state index contributed by atoms with van der Waals surface area (Å²) in [6.45, 7) is 8.90. The number of hydrogen-bond acceptors (Lipinski definition) is 7. The topological polar surface area (TPSA) is 115 Å². The highest BCUT2D eigenvalue weighted by atomic mass is 16.5. The van der Waals surface area contributed by atoms with Crippen LogP contribution in [0, 0.1) is 6.92 Å². The molecule has 2 N–H and O–H groups in total. The highest BCUT2D eigenvalue weighted by Gasteiger charge is 2.28. The van der Waals surface area contributed by atoms with Crippen LogP contribution in [0.4, 0.5) is 5.69 Å². The van der Waals surface area contributed by atoms with Crippen LogP contribution in [0.15, 0.2) is 12.3 Å². The quantitative estimate of drug-likeness (QED) is 0.339. The van der Waals surface area contributed by atoms with Crippen LogP contribution in [-0.4, -0.2) is 52.8 Å². The maximum Gasteiger partial charge on any atom is 0.340 e. The molecule has 1 aliphatic rings. The van der Waals surface area contributed by atoms with Crippen molar-refractivity contribution in [2.45, 2.75) is 46.6 Å². The van der Waals surface area contributed by atoms with Gasteiger partial charge < -0.3 is 24.5 Å². The Morgan fingerprint density at radius 1 is 1.32 bits per heavy atom. The number of aryl methyl sites for hydroxylation is 1. The molecule has 1 amide bonds. The van der Waals surface area contributed by atoms with E-state index in [-0.39, 0.29) is 24.6 Å². The summed E-state index contributed by atoms with van der Waals surface area (Å²) >= 11 is 0. The molecule has 9 nitrogen and oxygen atoms in total. The van der Waals surface area contributed by atoms with Gasteiger partial charge >= 0.3 is 12.0 Å². The number of carbonyl (C=O) groups is 2. The molecule has 2 aromatic heterocycles. The molecule has 1 atom stereocenters. The average molecular weight is 428 g/mol.